The third-order valence-electron chi connectivity index (χ3n) is 2.04. The number of rotatable bonds is 5. The Labute approximate surface area is 98.8 Å². The fraction of sp³-hybridized carbons (Fsp3) is 0.455. The highest BCUT2D eigenvalue weighted by molar-refractivity contribution is 7.12. The highest BCUT2D eigenvalue weighted by atomic mass is 32.1. The van der Waals surface area contributed by atoms with Crippen molar-refractivity contribution in [2.24, 2.45) is 0 Å². The van der Waals surface area contributed by atoms with E-state index in [0.29, 0.717) is 18.0 Å². The van der Waals surface area contributed by atoms with Gasteiger partial charge in [0.2, 0.25) is 0 Å². The Balaban J connectivity index is 2.38. The molecule has 1 aromatic rings. The molecule has 0 N–H and O–H groups in total. The van der Waals surface area contributed by atoms with Crippen LogP contribution in [0.4, 0.5) is 0 Å². The minimum atomic E-state index is -0.270. The van der Waals surface area contributed by atoms with E-state index in [2.05, 4.69) is 0 Å². The summed E-state index contributed by atoms with van der Waals surface area (Å²) in [5.74, 6) is -0.326. The average molecular weight is 241 g/mol. The molecule has 0 atom stereocenters. The summed E-state index contributed by atoms with van der Waals surface area (Å²) in [4.78, 5) is 25.1. The van der Waals surface area contributed by atoms with Crippen molar-refractivity contribution in [3.63, 3.8) is 0 Å². The van der Waals surface area contributed by atoms with E-state index < -0.39 is 0 Å². The highest BCUT2D eigenvalue weighted by Crippen LogP contribution is 2.11. The van der Waals surface area contributed by atoms with Crippen molar-refractivity contribution >= 4 is 23.2 Å². The number of nitrogens with zero attached hydrogens (tertiary/aromatic N) is 1. The lowest BCUT2D eigenvalue weighted by molar-refractivity contribution is -0.143. The van der Waals surface area contributed by atoms with Crippen molar-refractivity contribution in [2.45, 2.75) is 13.3 Å². The normalized spacial score (nSPS) is 9.88. The molecule has 0 saturated carbocycles. The van der Waals surface area contributed by atoms with Crippen LogP contribution in [-0.2, 0) is 9.53 Å². The molecule has 0 fully saturated rings. The van der Waals surface area contributed by atoms with Crippen molar-refractivity contribution in [3.05, 3.63) is 22.4 Å². The van der Waals surface area contributed by atoms with Gasteiger partial charge in [-0.2, -0.15) is 0 Å². The van der Waals surface area contributed by atoms with Gasteiger partial charge in [-0.15, -0.1) is 11.3 Å². The smallest absolute Gasteiger partial charge is 0.307 e. The quantitative estimate of drug-likeness (QED) is 0.738. The van der Waals surface area contributed by atoms with Gasteiger partial charge in [-0.25, -0.2) is 0 Å². The molecule has 1 aromatic heterocycles. The van der Waals surface area contributed by atoms with Gasteiger partial charge in [0.1, 0.15) is 0 Å². The SMILES string of the molecule is CCOC(=O)CCN(C)C(=O)c1cccs1. The maximum Gasteiger partial charge on any atom is 0.307 e. The first-order chi connectivity index (χ1) is 7.65. The Kier molecular flexibility index (Phi) is 4.98. The molecule has 0 aliphatic carbocycles. The molecule has 1 amide bonds. The fourth-order valence-electron chi connectivity index (χ4n) is 1.18. The zero-order chi connectivity index (χ0) is 12.0. The van der Waals surface area contributed by atoms with Crippen LogP contribution >= 0.6 is 11.3 Å². The van der Waals surface area contributed by atoms with Crippen LogP contribution in [0.1, 0.15) is 23.0 Å². The van der Waals surface area contributed by atoms with Crippen molar-refractivity contribution in [2.75, 3.05) is 20.2 Å². The minimum Gasteiger partial charge on any atom is -0.466 e. The Morgan fingerprint density at radius 1 is 1.50 bits per heavy atom. The lowest BCUT2D eigenvalue weighted by atomic mass is 10.3. The van der Waals surface area contributed by atoms with Crippen LogP contribution in [0.15, 0.2) is 17.5 Å². The molecule has 16 heavy (non-hydrogen) atoms. The lowest BCUT2D eigenvalue weighted by Crippen LogP contribution is -2.28. The Bertz CT molecular complexity index is 348. The number of carbonyl (C=O) groups is 2. The van der Waals surface area contributed by atoms with Crippen LogP contribution in [0.2, 0.25) is 0 Å². The molecular weight excluding hydrogens is 226 g/mol. The first-order valence-corrected chi connectivity index (χ1v) is 5.97. The van der Waals surface area contributed by atoms with Crippen molar-refractivity contribution in [3.8, 4) is 0 Å². The molecule has 0 radical (unpaired) electrons. The summed E-state index contributed by atoms with van der Waals surface area (Å²) >= 11 is 1.40. The number of ether oxygens (including phenoxy) is 1. The molecule has 0 bridgehead atoms. The molecule has 5 heteroatoms. The third-order valence-corrected chi connectivity index (χ3v) is 2.89. The van der Waals surface area contributed by atoms with Gasteiger partial charge in [0.05, 0.1) is 17.9 Å². The molecule has 0 aliphatic rings. The number of esters is 1. The van der Waals surface area contributed by atoms with Crippen LogP contribution in [0.3, 0.4) is 0 Å². The predicted molar refractivity (Wildman–Crippen MR) is 62.5 cm³/mol. The number of amides is 1. The molecule has 0 aromatic carbocycles. The van der Waals surface area contributed by atoms with Crippen LogP contribution in [0, 0.1) is 0 Å². The van der Waals surface area contributed by atoms with Crippen molar-refractivity contribution in [1.82, 2.24) is 4.90 Å². The summed E-state index contributed by atoms with van der Waals surface area (Å²) in [7, 11) is 1.68. The van der Waals surface area contributed by atoms with Gasteiger partial charge in [0, 0.05) is 13.6 Å². The highest BCUT2D eigenvalue weighted by Gasteiger charge is 2.13. The van der Waals surface area contributed by atoms with Gasteiger partial charge in [-0.3, -0.25) is 9.59 Å². The Hall–Kier alpha value is -1.36. The number of hydrogen-bond donors (Lipinski definition) is 0. The largest absolute Gasteiger partial charge is 0.466 e. The van der Waals surface area contributed by atoms with E-state index in [-0.39, 0.29) is 18.3 Å². The van der Waals surface area contributed by atoms with Crippen LogP contribution < -0.4 is 0 Å². The second kappa shape index (κ2) is 6.27. The second-order valence-electron chi connectivity index (χ2n) is 3.26. The molecule has 0 saturated heterocycles. The average Bonchev–Trinajstić information content (AvgIpc) is 2.78. The number of hydrogen-bond acceptors (Lipinski definition) is 4. The molecular formula is C11H15NO3S. The summed E-state index contributed by atoms with van der Waals surface area (Å²) in [5, 5.41) is 1.85. The monoisotopic (exact) mass is 241 g/mol. The van der Waals surface area contributed by atoms with E-state index in [9.17, 15) is 9.59 Å². The van der Waals surface area contributed by atoms with Gasteiger partial charge < -0.3 is 9.64 Å². The fourth-order valence-corrected chi connectivity index (χ4v) is 1.90. The molecule has 0 aliphatic heterocycles. The summed E-state index contributed by atoms with van der Waals surface area (Å²) in [5.41, 5.74) is 0. The van der Waals surface area contributed by atoms with E-state index in [1.54, 1.807) is 20.0 Å². The van der Waals surface area contributed by atoms with Gasteiger partial charge in [-0.05, 0) is 18.4 Å². The van der Waals surface area contributed by atoms with Crippen molar-refractivity contribution in [1.29, 1.82) is 0 Å². The predicted octanol–water partition coefficient (Wildman–Crippen LogP) is 1.77. The molecule has 0 spiro atoms. The van der Waals surface area contributed by atoms with Crippen molar-refractivity contribution < 1.29 is 14.3 Å². The van der Waals surface area contributed by atoms with Gasteiger partial charge in [0.15, 0.2) is 0 Å². The zero-order valence-corrected chi connectivity index (χ0v) is 10.3. The molecule has 1 heterocycles. The first kappa shape index (κ1) is 12.7. The number of thiophene rings is 1. The maximum atomic E-state index is 11.8. The lowest BCUT2D eigenvalue weighted by Gasteiger charge is -2.15. The van der Waals surface area contributed by atoms with E-state index in [0.717, 1.165) is 0 Å². The van der Waals surface area contributed by atoms with Crippen LogP contribution in [0.5, 0.6) is 0 Å². The molecule has 88 valence electrons. The summed E-state index contributed by atoms with van der Waals surface area (Å²) < 4.78 is 4.79. The van der Waals surface area contributed by atoms with E-state index >= 15 is 0 Å². The molecule has 0 unspecified atom stereocenters. The Morgan fingerprint density at radius 2 is 2.25 bits per heavy atom. The second-order valence-corrected chi connectivity index (χ2v) is 4.21. The summed E-state index contributed by atoms with van der Waals surface area (Å²) in [6.07, 6.45) is 0.238. The maximum absolute atomic E-state index is 11.8. The molecule has 1 rings (SSSR count). The first-order valence-electron chi connectivity index (χ1n) is 5.09. The summed E-state index contributed by atoms with van der Waals surface area (Å²) in [6.45, 7) is 2.52. The van der Waals surface area contributed by atoms with E-state index in [1.165, 1.54) is 16.2 Å². The number of carbonyl (C=O) groups excluding carboxylic acids is 2. The summed E-state index contributed by atoms with van der Waals surface area (Å²) in [6, 6.07) is 3.60. The zero-order valence-electron chi connectivity index (χ0n) is 9.43. The topological polar surface area (TPSA) is 46.6 Å². The van der Waals surface area contributed by atoms with E-state index in [1.807, 2.05) is 11.4 Å². The van der Waals surface area contributed by atoms with Gasteiger partial charge in [-0.1, -0.05) is 6.07 Å². The van der Waals surface area contributed by atoms with Gasteiger partial charge in [0.25, 0.3) is 5.91 Å². The van der Waals surface area contributed by atoms with Gasteiger partial charge >= 0.3 is 5.97 Å². The van der Waals surface area contributed by atoms with E-state index in [4.69, 9.17) is 4.74 Å². The standard InChI is InChI=1S/C11H15NO3S/c1-3-15-10(13)6-7-12(2)11(14)9-5-4-8-16-9/h4-5,8H,3,6-7H2,1-2H3. The Morgan fingerprint density at radius 3 is 2.81 bits per heavy atom. The minimum absolute atomic E-state index is 0.0562. The third kappa shape index (κ3) is 3.66. The van der Waals surface area contributed by atoms with Crippen LogP contribution in [0.25, 0.3) is 0 Å². The van der Waals surface area contributed by atoms with Crippen LogP contribution in [-0.4, -0.2) is 37.0 Å². The molecule has 4 nitrogen and oxygen atoms in total.